The maximum Gasteiger partial charge on any atom is 0.339 e. The number of benzene rings is 3. The van der Waals surface area contributed by atoms with Crippen molar-refractivity contribution < 1.29 is 24.2 Å². The van der Waals surface area contributed by atoms with Crippen LogP contribution in [0.3, 0.4) is 0 Å². The Morgan fingerprint density at radius 1 is 0.944 bits per heavy atom. The van der Waals surface area contributed by atoms with Gasteiger partial charge in [0.05, 0.1) is 17.2 Å². The van der Waals surface area contributed by atoms with E-state index in [4.69, 9.17) is 16.3 Å². The maximum absolute atomic E-state index is 13.3. The van der Waals surface area contributed by atoms with Crippen LogP contribution in [0.1, 0.15) is 83.2 Å². The Morgan fingerprint density at radius 3 is 2.25 bits per heavy atom. The largest absolute Gasteiger partial charge is 0.478 e. The molecule has 1 amide bonds. The smallest absolute Gasteiger partial charge is 0.339 e. The molecule has 188 valence electrons. The summed E-state index contributed by atoms with van der Waals surface area (Å²) in [6.45, 7) is 7.25. The molecule has 1 atom stereocenters. The number of nitrogens with one attached hydrogen (secondary N) is 1. The van der Waals surface area contributed by atoms with Gasteiger partial charge >= 0.3 is 11.9 Å². The van der Waals surface area contributed by atoms with Gasteiger partial charge in [-0.2, -0.15) is 0 Å². The number of amides is 1. The Morgan fingerprint density at radius 2 is 1.64 bits per heavy atom. The number of carbonyl (C=O) groups excluding carboxylic acids is 2. The highest BCUT2D eigenvalue weighted by atomic mass is 35.5. The van der Waals surface area contributed by atoms with Crippen molar-refractivity contribution in [3.8, 4) is 11.1 Å². The zero-order valence-corrected chi connectivity index (χ0v) is 21.6. The summed E-state index contributed by atoms with van der Waals surface area (Å²) < 4.78 is 5.59. The van der Waals surface area contributed by atoms with Gasteiger partial charge in [0.15, 0.2) is 0 Å². The van der Waals surface area contributed by atoms with Gasteiger partial charge in [0.25, 0.3) is 5.91 Å². The molecule has 0 heterocycles. The summed E-state index contributed by atoms with van der Waals surface area (Å²) in [5.74, 6) is -2.18. The average Bonchev–Trinajstić information content (AvgIpc) is 2.82. The molecule has 3 aromatic carbocycles. The summed E-state index contributed by atoms with van der Waals surface area (Å²) in [7, 11) is 0. The molecule has 0 saturated carbocycles. The van der Waals surface area contributed by atoms with Crippen molar-refractivity contribution in [2.45, 2.75) is 52.2 Å². The molecular formula is C29H30ClNO5. The fourth-order valence-electron chi connectivity index (χ4n) is 3.89. The van der Waals surface area contributed by atoms with Crippen LogP contribution in [-0.2, 0) is 4.74 Å². The second kappa shape index (κ2) is 11.4. The molecule has 0 bridgehead atoms. The Bertz CT molecular complexity index is 1260. The molecule has 0 saturated heterocycles. The summed E-state index contributed by atoms with van der Waals surface area (Å²) in [6, 6.07) is 18.4. The minimum atomic E-state index is -1.16. The lowest BCUT2D eigenvalue weighted by Crippen LogP contribution is -2.29. The number of carbonyl (C=O) groups is 3. The first-order valence-electron chi connectivity index (χ1n) is 11.8. The van der Waals surface area contributed by atoms with Crippen LogP contribution in [0.15, 0.2) is 66.7 Å². The van der Waals surface area contributed by atoms with E-state index in [2.05, 4.69) is 5.32 Å². The van der Waals surface area contributed by atoms with Crippen LogP contribution in [0.4, 0.5) is 0 Å². The first-order chi connectivity index (χ1) is 17.0. The lowest BCUT2D eigenvalue weighted by Gasteiger charge is -2.22. The highest BCUT2D eigenvalue weighted by Crippen LogP contribution is 2.32. The molecule has 2 N–H and O–H groups in total. The number of carboxylic acid groups (broad SMARTS) is 1. The number of halogens is 1. The van der Waals surface area contributed by atoms with Crippen LogP contribution in [-0.4, -0.2) is 28.6 Å². The number of hydrogen-bond donors (Lipinski definition) is 2. The molecule has 0 fully saturated rings. The first-order valence-corrected chi connectivity index (χ1v) is 12.1. The SMILES string of the molecule is CCCC(NC(=O)c1ccc(-c2cc(Cl)ccc2C(=O)O)c(C(=O)OC(C)(C)C)c1)c1ccccc1. The monoisotopic (exact) mass is 507 g/mol. The second-order valence-corrected chi connectivity index (χ2v) is 9.92. The average molecular weight is 508 g/mol. The van der Waals surface area contributed by atoms with E-state index >= 15 is 0 Å². The van der Waals surface area contributed by atoms with Crippen molar-refractivity contribution in [1.82, 2.24) is 5.32 Å². The van der Waals surface area contributed by atoms with Gasteiger partial charge in [-0.1, -0.05) is 61.3 Å². The van der Waals surface area contributed by atoms with Crippen LogP contribution in [0.25, 0.3) is 11.1 Å². The molecular weight excluding hydrogens is 478 g/mol. The van der Waals surface area contributed by atoms with E-state index in [1.165, 1.54) is 24.3 Å². The maximum atomic E-state index is 13.3. The number of aromatic carboxylic acids is 1. The van der Waals surface area contributed by atoms with Crippen LogP contribution in [0.2, 0.25) is 5.02 Å². The quantitative estimate of drug-likeness (QED) is 0.322. The minimum Gasteiger partial charge on any atom is -0.478 e. The third-order valence-electron chi connectivity index (χ3n) is 5.49. The Labute approximate surface area is 216 Å². The van der Waals surface area contributed by atoms with Crippen molar-refractivity contribution in [3.05, 3.63) is 94.0 Å². The fraction of sp³-hybridized carbons (Fsp3) is 0.276. The lowest BCUT2D eigenvalue weighted by molar-refractivity contribution is 0.00701. The molecule has 3 rings (SSSR count). The number of ether oxygens (including phenoxy) is 1. The van der Waals surface area contributed by atoms with E-state index in [1.807, 2.05) is 37.3 Å². The van der Waals surface area contributed by atoms with E-state index in [1.54, 1.807) is 32.9 Å². The molecule has 0 aromatic heterocycles. The van der Waals surface area contributed by atoms with Gasteiger partial charge < -0.3 is 15.2 Å². The van der Waals surface area contributed by atoms with Crippen molar-refractivity contribution in [2.75, 3.05) is 0 Å². The van der Waals surface area contributed by atoms with Crippen molar-refractivity contribution in [3.63, 3.8) is 0 Å². The third-order valence-corrected chi connectivity index (χ3v) is 5.72. The zero-order chi connectivity index (χ0) is 26.5. The second-order valence-electron chi connectivity index (χ2n) is 9.48. The predicted molar refractivity (Wildman–Crippen MR) is 141 cm³/mol. The van der Waals surface area contributed by atoms with Crippen molar-refractivity contribution in [1.29, 1.82) is 0 Å². The van der Waals surface area contributed by atoms with Crippen LogP contribution >= 0.6 is 11.6 Å². The molecule has 3 aromatic rings. The van der Waals surface area contributed by atoms with Crippen LogP contribution in [0.5, 0.6) is 0 Å². The molecule has 1 unspecified atom stereocenters. The van der Waals surface area contributed by atoms with Gasteiger partial charge in [0, 0.05) is 10.6 Å². The first kappa shape index (κ1) is 27.0. The summed E-state index contributed by atoms with van der Waals surface area (Å²) in [5.41, 5.74) is 1.08. The van der Waals surface area contributed by atoms with Gasteiger partial charge in [0.2, 0.25) is 0 Å². The normalized spacial score (nSPS) is 12.0. The summed E-state index contributed by atoms with van der Waals surface area (Å²) >= 11 is 6.16. The molecule has 7 heteroatoms. The van der Waals surface area contributed by atoms with E-state index in [9.17, 15) is 19.5 Å². The fourth-order valence-corrected chi connectivity index (χ4v) is 4.06. The molecule has 0 spiro atoms. The molecule has 0 aliphatic rings. The van der Waals surface area contributed by atoms with Gasteiger partial charge in [0.1, 0.15) is 5.60 Å². The Balaban J connectivity index is 2.07. The van der Waals surface area contributed by atoms with Crippen LogP contribution in [0, 0.1) is 0 Å². The van der Waals surface area contributed by atoms with Gasteiger partial charge in [-0.3, -0.25) is 4.79 Å². The van der Waals surface area contributed by atoms with Gasteiger partial charge in [-0.15, -0.1) is 0 Å². The Kier molecular flexibility index (Phi) is 8.53. The minimum absolute atomic E-state index is 0.0199. The number of carboxylic acids is 1. The van der Waals surface area contributed by atoms with E-state index in [0.29, 0.717) is 10.6 Å². The van der Waals surface area contributed by atoms with Crippen molar-refractivity contribution >= 4 is 29.4 Å². The molecule has 0 aliphatic heterocycles. The number of rotatable bonds is 8. The van der Waals surface area contributed by atoms with Gasteiger partial charge in [-0.05, 0) is 74.2 Å². The highest BCUT2D eigenvalue weighted by Gasteiger charge is 2.25. The van der Waals surface area contributed by atoms with Gasteiger partial charge in [-0.25, -0.2) is 9.59 Å². The van der Waals surface area contributed by atoms with E-state index in [0.717, 1.165) is 18.4 Å². The molecule has 0 radical (unpaired) electrons. The summed E-state index contributed by atoms with van der Waals surface area (Å²) in [6.07, 6.45) is 1.62. The molecule has 0 aliphatic carbocycles. The number of hydrogen-bond acceptors (Lipinski definition) is 4. The van der Waals surface area contributed by atoms with E-state index in [-0.39, 0.29) is 34.2 Å². The topological polar surface area (TPSA) is 92.7 Å². The molecule has 6 nitrogen and oxygen atoms in total. The van der Waals surface area contributed by atoms with Crippen LogP contribution < -0.4 is 5.32 Å². The summed E-state index contributed by atoms with van der Waals surface area (Å²) in [4.78, 5) is 38.4. The van der Waals surface area contributed by atoms with Crippen molar-refractivity contribution in [2.24, 2.45) is 0 Å². The standard InChI is InChI=1S/C29H30ClNO5/c1-5-9-25(18-10-7-6-8-11-18)31-26(32)19-12-14-21(24(16-19)28(35)36-29(2,3)4)23-17-20(30)13-15-22(23)27(33)34/h6-8,10-17,25H,5,9H2,1-4H3,(H,31,32)(H,33,34). The van der Waals surface area contributed by atoms with E-state index < -0.39 is 17.5 Å². The third kappa shape index (κ3) is 6.73. The number of esters is 1. The summed E-state index contributed by atoms with van der Waals surface area (Å²) in [5, 5.41) is 13.1. The highest BCUT2D eigenvalue weighted by molar-refractivity contribution is 6.31. The molecule has 36 heavy (non-hydrogen) atoms. The zero-order valence-electron chi connectivity index (χ0n) is 20.8. The Hall–Kier alpha value is -3.64. The lowest BCUT2D eigenvalue weighted by atomic mass is 9.93. The predicted octanol–water partition coefficient (Wildman–Crippen LogP) is 6.93.